The molecule has 1 aromatic carbocycles. The molecule has 21 heavy (non-hydrogen) atoms. The maximum Gasteiger partial charge on any atom is 0.0648 e. The van der Waals surface area contributed by atoms with Crippen molar-refractivity contribution < 1.29 is 0 Å². The van der Waals surface area contributed by atoms with Gasteiger partial charge in [-0.1, -0.05) is 32.0 Å². The zero-order chi connectivity index (χ0) is 14.7. The van der Waals surface area contributed by atoms with E-state index in [0.717, 1.165) is 24.9 Å². The number of hydrogen-bond donors (Lipinski definition) is 1. The molecule has 0 radical (unpaired) electrons. The zero-order valence-corrected chi connectivity index (χ0v) is 13.0. The molecule has 3 nitrogen and oxygen atoms in total. The molecule has 1 aromatic heterocycles. The van der Waals surface area contributed by atoms with Crippen molar-refractivity contribution in [3.63, 3.8) is 0 Å². The summed E-state index contributed by atoms with van der Waals surface area (Å²) in [6.45, 7) is 6.76. The zero-order valence-electron chi connectivity index (χ0n) is 13.0. The summed E-state index contributed by atoms with van der Waals surface area (Å²) < 4.78 is 2.11. The van der Waals surface area contributed by atoms with Crippen molar-refractivity contribution in [1.82, 2.24) is 15.1 Å². The molecule has 1 aliphatic carbocycles. The number of para-hydroxylation sites is 1. The van der Waals surface area contributed by atoms with Gasteiger partial charge in [0, 0.05) is 17.8 Å². The Kier molecular flexibility index (Phi) is 4.39. The number of rotatable bonds is 6. The maximum absolute atomic E-state index is 4.53. The highest BCUT2D eigenvalue weighted by molar-refractivity contribution is 5.34. The first kappa shape index (κ1) is 14.3. The second kappa shape index (κ2) is 6.44. The molecule has 0 spiro atoms. The van der Waals surface area contributed by atoms with Crippen LogP contribution in [0.4, 0.5) is 0 Å². The summed E-state index contributed by atoms with van der Waals surface area (Å²) >= 11 is 0. The topological polar surface area (TPSA) is 29.9 Å². The van der Waals surface area contributed by atoms with Crippen LogP contribution in [0.2, 0.25) is 0 Å². The van der Waals surface area contributed by atoms with Gasteiger partial charge in [-0.15, -0.1) is 0 Å². The van der Waals surface area contributed by atoms with Gasteiger partial charge in [0.1, 0.15) is 0 Å². The van der Waals surface area contributed by atoms with Crippen molar-refractivity contribution in [3.8, 4) is 5.69 Å². The van der Waals surface area contributed by atoms with Crippen molar-refractivity contribution in [2.75, 3.05) is 13.1 Å². The van der Waals surface area contributed by atoms with E-state index in [-0.39, 0.29) is 0 Å². The predicted molar refractivity (Wildman–Crippen MR) is 86.7 cm³/mol. The number of hydrogen-bond acceptors (Lipinski definition) is 2. The summed E-state index contributed by atoms with van der Waals surface area (Å²) in [5, 5.41) is 8.14. The van der Waals surface area contributed by atoms with E-state index in [1.54, 1.807) is 0 Å². The lowest BCUT2D eigenvalue weighted by molar-refractivity contribution is 0.235. The average molecular weight is 283 g/mol. The lowest BCUT2D eigenvalue weighted by Gasteiger charge is -2.37. The number of benzene rings is 1. The van der Waals surface area contributed by atoms with Gasteiger partial charge < -0.3 is 5.32 Å². The molecule has 3 rings (SSSR count). The minimum Gasteiger partial charge on any atom is -0.316 e. The molecule has 0 bridgehead atoms. The molecular formula is C18H25N3. The summed E-state index contributed by atoms with van der Waals surface area (Å²) in [7, 11) is 0. The number of nitrogens with one attached hydrogen (secondary N) is 1. The molecule has 1 aliphatic rings. The van der Waals surface area contributed by atoms with Crippen molar-refractivity contribution in [3.05, 3.63) is 48.3 Å². The largest absolute Gasteiger partial charge is 0.316 e. The van der Waals surface area contributed by atoms with Gasteiger partial charge in [-0.3, -0.25) is 0 Å². The van der Waals surface area contributed by atoms with Gasteiger partial charge in [-0.2, -0.15) is 5.10 Å². The third-order valence-electron chi connectivity index (χ3n) is 4.43. The molecule has 2 unspecified atom stereocenters. The summed E-state index contributed by atoms with van der Waals surface area (Å²) in [5.41, 5.74) is 2.53. The molecule has 0 aliphatic heterocycles. The minimum atomic E-state index is 0.646. The lowest BCUT2D eigenvalue weighted by Crippen LogP contribution is -2.36. The molecule has 1 heterocycles. The van der Waals surface area contributed by atoms with Gasteiger partial charge in [-0.25, -0.2) is 4.68 Å². The first-order valence-corrected chi connectivity index (χ1v) is 8.05. The van der Waals surface area contributed by atoms with Crippen LogP contribution in [-0.2, 0) is 0 Å². The predicted octanol–water partition coefficient (Wildman–Crippen LogP) is 3.61. The van der Waals surface area contributed by atoms with Gasteiger partial charge in [0.05, 0.1) is 5.69 Å². The van der Waals surface area contributed by atoms with Crippen LogP contribution in [-0.4, -0.2) is 22.9 Å². The van der Waals surface area contributed by atoms with E-state index in [0.29, 0.717) is 5.92 Å². The SMILES string of the molecule is CC(C)CNCC1CCC1c1ccnn1-c1ccccc1. The fourth-order valence-corrected chi connectivity index (χ4v) is 3.14. The second-order valence-corrected chi connectivity index (χ2v) is 6.50. The first-order chi connectivity index (χ1) is 10.3. The maximum atomic E-state index is 4.53. The van der Waals surface area contributed by atoms with Gasteiger partial charge in [-0.05, 0) is 56.0 Å². The number of nitrogens with zero attached hydrogens (tertiary/aromatic N) is 2. The molecular weight excluding hydrogens is 258 g/mol. The third-order valence-corrected chi connectivity index (χ3v) is 4.43. The monoisotopic (exact) mass is 283 g/mol. The molecule has 0 amide bonds. The van der Waals surface area contributed by atoms with Crippen LogP contribution < -0.4 is 5.32 Å². The summed E-state index contributed by atoms with van der Waals surface area (Å²) in [6.07, 6.45) is 4.54. The molecule has 1 N–H and O–H groups in total. The fourth-order valence-electron chi connectivity index (χ4n) is 3.14. The van der Waals surface area contributed by atoms with Crippen LogP contribution in [0, 0.1) is 11.8 Å². The summed E-state index contributed by atoms with van der Waals surface area (Å²) in [5.74, 6) is 2.12. The molecule has 0 saturated heterocycles. The van der Waals surface area contributed by atoms with Crippen LogP contribution >= 0.6 is 0 Å². The average Bonchev–Trinajstić information content (AvgIpc) is 2.92. The summed E-state index contributed by atoms with van der Waals surface area (Å²) in [4.78, 5) is 0. The minimum absolute atomic E-state index is 0.646. The lowest BCUT2D eigenvalue weighted by atomic mass is 9.71. The highest BCUT2D eigenvalue weighted by atomic mass is 15.3. The first-order valence-electron chi connectivity index (χ1n) is 8.05. The van der Waals surface area contributed by atoms with Crippen molar-refractivity contribution >= 4 is 0 Å². The van der Waals surface area contributed by atoms with Gasteiger partial charge in [0.2, 0.25) is 0 Å². The quantitative estimate of drug-likeness (QED) is 0.877. The third kappa shape index (κ3) is 3.18. The van der Waals surface area contributed by atoms with Crippen molar-refractivity contribution in [2.45, 2.75) is 32.6 Å². The van der Waals surface area contributed by atoms with Crippen LogP contribution in [0.3, 0.4) is 0 Å². The van der Waals surface area contributed by atoms with Crippen molar-refractivity contribution in [1.29, 1.82) is 0 Å². The van der Waals surface area contributed by atoms with Crippen molar-refractivity contribution in [2.24, 2.45) is 11.8 Å². The molecule has 2 aromatic rings. The van der Waals surface area contributed by atoms with Gasteiger partial charge >= 0.3 is 0 Å². The fraction of sp³-hybridized carbons (Fsp3) is 0.500. The Morgan fingerprint density at radius 1 is 1.19 bits per heavy atom. The Bertz CT molecular complexity index is 559. The number of aromatic nitrogens is 2. The molecule has 3 heteroatoms. The Labute approximate surface area is 127 Å². The second-order valence-electron chi connectivity index (χ2n) is 6.50. The Morgan fingerprint density at radius 3 is 2.67 bits per heavy atom. The molecule has 1 fully saturated rings. The van der Waals surface area contributed by atoms with Gasteiger partial charge in [0.25, 0.3) is 0 Å². The van der Waals surface area contributed by atoms with E-state index in [4.69, 9.17) is 0 Å². The van der Waals surface area contributed by atoms with E-state index in [1.165, 1.54) is 24.2 Å². The highest BCUT2D eigenvalue weighted by Gasteiger charge is 2.34. The molecule has 112 valence electrons. The van der Waals surface area contributed by atoms with Crippen LogP contribution in [0.15, 0.2) is 42.6 Å². The smallest absolute Gasteiger partial charge is 0.0648 e. The Morgan fingerprint density at radius 2 is 2.00 bits per heavy atom. The van der Waals surface area contributed by atoms with Crippen LogP contribution in [0.1, 0.15) is 38.3 Å². The normalized spacial score (nSPS) is 21.5. The van der Waals surface area contributed by atoms with Crippen LogP contribution in [0.25, 0.3) is 5.69 Å². The van der Waals surface area contributed by atoms with Crippen LogP contribution in [0.5, 0.6) is 0 Å². The highest BCUT2D eigenvalue weighted by Crippen LogP contribution is 2.42. The van der Waals surface area contributed by atoms with Gasteiger partial charge in [0.15, 0.2) is 0 Å². The van der Waals surface area contributed by atoms with E-state index in [2.05, 4.69) is 65.3 Å². The summed E-state index contributed by atoms with van der Waals surface area (Å²) in [6, 6.07) is 12.6. The standard InChI is InChI=1S/C18H25N3/c1-14(2)12-19-13-15-8-9-17(15)18-10-11-20-21(18)16-6-4-3-5-7-16/h3-7,10-11,14-15,17,19H,8-9,12-13H2,1-2H3. The molecule has 2 atom stereocenters. The van der Waals surface area contributed by atoms with E-state index in [9.17, 15) is 0 Å². The Balaban J connectivity index is 1.69. The molecule has 1 saturated carbocycles. The van der Waals surface area contributed by atoms with E-state index in [1.807, 2.05) is 6.20 Å². The van der Waals surface area contributed by atoms with E-state index < -0.39 is 0 Å². The van der Waals surface area contributed by atoms with E-state index >= 15 is 0 Å². The Hall–Kier alpha value is -1.61.